The molecule has 1 amide bonds. The Morgan fingerprint density at radius 3 is 2.44 bits per heavy atom. The maximum atomic E-state index is 12.7. The third-order valence-corrected chi connectivity index (χ3v) is 4.85. The van der Waals surface area contributed by atoms with Gasteiger partial charge in [0.25, 0.3) is 5.91 Å². The summed E-state index contributed by atoms with van der Waals surface area (Å²) in [5, 5.41) is 13.2. The lowest BCUT2D eigenvalue weighted by Crippen LogP contribution is -2.28. The van der Waals surface area contributed by atoms with Crippen molar-refractivity contribution in [1.82, 2.24) is 9.88 Å². The van der Waals surface area contributed by atoms with Crippen LogP contribution in [0.1, 0.15) is 39.4 Å². The normalized spacial score (nSPS) is 12.0. The first-order valence-corrected chi connectivity index (χ1v) is 8.66. The Morgan fingerprint density at radius 1 is 1.19 bits per heavy atom. The number of rotatable bonds is 5. The van der Waals surface area contributed by atoms with Gasteiger partial charge in [0.15, 0.2) is 0 Å². The molecule has 0 radical (unpaired) electrons. The first-order chi connectivity index (χ1) is 12.8. The molecule has 140 valence electrons. The quantitative estimate of drug-likeness (QED) is 0.693. The summed E-state index contributed by atoms with van der Waals surface area (Å²) in [6.45, 7) is 1.84. The Morgan fingerprint density at radius 2 is 1.85 bits per heavy atom. The number of carboxylic acids is 1. The summed E-state index contributed by atoms with van der Waals surface area (Å²) in [4.78, 5) is 23.7. The Balaban J connectivity index is 1.85. The number of carbonyl (C=O) groups excluding carboxylic acids is 1. The van der Waals surface area contributed by atoms with E-state index in [1.54, 1.807) is 49.1 Å². The van der Waals surface area contributed by atoms with Gasteiger partial charge < -0.3 is 19.7 Å². The molecule has 2 N–H and O–H groups in total. The van der Waals surface area contributed by atoms with Crippen LogP contribution in [0.25, 0.3) is 10.9 Å². The Labute approximate surface area is 161 Å². The van der Waals surface area contributed by atoms with Crippen molar-refractivity contribution in [2.75, 3.05) is 7.11 Å². The monoisotopic (exact) mass is 386 g/mol. The molecule has 1 atom stereocenters. The number of hydrogen-bond donors (Lipinski definition) is 2. The molecule has 2 aromatic carbocycles. The molecule has 0 spiro atoms. The minimum Gasteiger partial charge on any atom is -0.495 e. The Bertz CT molecular complexity index is 1020. The molecule has 6 nitrogen and oxygen atoms in total. The van der Waals surface area contributed by atoms with Crippen LogP contribution in [0.5, 0.6) is 5.75 Å². The van der Waals surface area contributed by atoms with Crippen molar-refractivity contribution < 1.29 is 19.4 Å². The lowest BCUT2D eigenvalue weighted by atomic mass is 10.1. The standard InChI is InChI=1S/C20H19ClN2O4/c1-11(12-4-6-13(7-5-12)20(25)26)22-19(24)17-9-14-8-15(21)18(27-3)10-16(14)23(17)2/h4-11H,1-3H3,(H,22,24)(H,25,26)/t11-/m1/s1. The number of carbonyl (C=O) groups is 2. The number of methoxy groups -OCH3 is 1. The Kier molecular flexibility index (Phi) is 5.10. The number of nitrogens with zero attached hydrogens (tertiary/aromatic N) is 1. The fraction of sp³-hybridized carbons (Fsp3) is 0.200. The summed E-state index contributed by atoms with van der Waals surface area (Å²) in [5.74, 6) is -0.675. The van der Waals surface area contributed by atoms with Crippen LogP contribution in [0.15, 0.2) is 42.5 Å². The molecule has 0 aliphatic carbocycles. The van der Waals surface area contributed by atoms with Gasteiger partial charge in [0.1, 0.15) is 11.4 Å². The Hall–Kier alpha value is -2.99. The molecule has 7 heteroatoms. The average molecular weight is 387 g/mol. The van der Waals surface area contributed by atoms with Crippen LogP contribution in [0, 0.1) is 0 Å². The summed E-state index contributed by atoms with van der Waals surface area (Å²) in [6, 6.07) is 11.5. The highest BCUT2D eigenvalue weighted by Gasteiger charge is 2.18. The van der Waals surface area contributed by atoms with Gasteiger partial charge in [-0.1, -0.05) is 23.7 Å². The van der Waals surface area contributed by atoms with E-state index >= 15 is 0 Å². The number of amides is 1. The highest BCUT2D eigenvalue weighted by molar-refractivity contribution is 6.32. The molecule has 3 rings (SSSR count). The minimum absolute atomic E-state index is 0.205. The molecule has 1 aromatic heterocycles. The number of hydrogen-bond acceptors (Lipinski definition) is 3. The lowest BCUT2D eigenvalue weighted by molar-refractivity contribution is 0.0696. The van der Waals surface area contributed by atoms with E-state index in [9.17, 15) is 9.59 Å². The van der Waals surface area contributed by atoms with E-state index < -0.39 is 5.97 Å². The van der Waals surface area contributed by atoms with Crippen molar-refractivity contribution >= 4 is 34.4 Å². The van der Waals surface area contributed by atoms with Gasteiger partial charge in [0.2, 0.25) is 0 Å². The zero-order valence-electron chi connectivity index (χ0n) is 15.1. The number of nitrogens with one attached hydrogen (secondary N) is 1. The van der Waals surface area contributed by atoms with Crippen LogP contribution in [0.3, 0.4) is 0 Å². The summed E-state index contributed by atoms with van der Waals surface area (Å²) in [6.07, 6.45) is 0. The van der Waals surface area contributed by atoms with Gasteiger partial charge in [-0.2, -0.15) is 0 Å². The van der Waals surface area contributed by atoms with Crippen LogP contribution in [0.4, 0.5) is 0 Å². The largest absolute Gasteiger partial charge is 0.495 e. The first kappa shape index (κ1) is 18.8. The predicted molar refractivity (Wildman–Crippen MR) is 104 cm³/mol. The molecular weight excluding hydrogens is 368 g/mol. The summed E-state index contributed by atoms with van der Waals surface area (Å²) < 4.78 is 7.02. The second-order valence-electron chi connectivity index (χ2n) is 6.26. The van der Waals surface area contributed by atoms with Gasteiger partial charge in [-0.05, 0) is 36.8 Å². The lowest BCUT2D eigenvalue weighted by Gasteiger charge is -2.15. The van der Waals surface area contributed by atoms with Crippen LogP contribution >= 0.6 is 11.6 Å². The number of aryl methyl sites for hydroxylation is 1. The summed E-state index contributed by atoms with van der Waals surface area (Å²) >= 11 is 6.17. The van der Waals surface area contributed by atoms with E-state index in [2.05, 4.69) is 5.32 Å². The second-order valence-corrected chi connectivity index (χ2v) is 6.66. The summed E-state index contributed by atoms with van der Waals surface area (Å²) in [7, 11) is 3.35. The van der Waals surface area contributed by atoms with E-state index in [4.69, 9.17) is 21.4 Å². The molecule has 0 bridgehead atoms. The maximum absolute atomic E-state index is 12.7. The van der Waals surface area contributed by atoms with Crippen molar-refractivity contribution in [1.29, 1.82) is 0 Å². The molecule has 0 aliphatic heterocycles. The van der Waals surface area contributed by atoms with E-state index in [1.165, 1.54) is 12.1 Å². The molecule has 3 aromatic rings. The molecule has 0 fully saturated rings. The van der Waals surface area contributed by atoms with Crippen LogP contribution < -0.4 is 10.1 Å². The van der Waals surface area contributed by atoms with Gasteiger partial charge >= 0.3 is 5.97 Å². The van der Waals surface area contributed by atoms with Gasteiger partial charge in [-0.15, -0.1) is 0 Å². The zero-order valence-corrected chi connectivity index (χ0v) is 15.9. The van der Waals surface area contributed by atoms with Crippen molar-refractivity contribution in [3.8, 4) is 5.75 Å². The number of fused-ring (bicyclic) bond motifs is 1. The number of aromatic nitrogens is 1. The second kappa shape index (κ2) is 7.32. The van der Waals surface area contributed by atoms with Gasteiger partial charge in [0.05, 0.1) is 29.3 Å². The van der Waals surface area contributed by atoms with Crippen molar-refractivity contribution in [3.05, 3.63) is 64.3 Å². The van der Waals surface area contributed by atoms with Crippen LogP contribution in [-0.4, -0.2) is 28.7 Å². The van der Waals surface area contributed by atoms with E-state index in [0.717, 1.165) is 16.5 Å². The molecular formula is C20H19ClN2O4. The molecule has 0 unspecified atom stereocenters. The number of halogens is 1. The van der Waals surface area contributed by atoms with E-state index in [0.29, 0.717) is 16.5 Å². The van der Waals surface area contributed by atoms with Crippen LogP contribution in [0.2, 0.25) is 5.02 Å². The fourth-order valence-electron chi connectivity index (χ4n) is 2.98. The maximum Gasteiger partial charge on any atom is 0.335 e. The number of benzene rings is 2. The van der Waals surface area contributed by atoms with Gasteiger partial charge in [0, 0.05) is 18.5 Å². The molecule has 0 saturated carbocycles. The van der Waals surface area contributed by atoms with Crippen molar-refractivity contribution in [3.63, 3.8) is 0 Å². The van der Waals surface area contributed by atoms with Crippen molar-refractivity contribution in [2.45, 2.75) is 13.0 Å². The number of aromatic carboxylic acids is 1. The zero-order chi connectivity index (χ0) is 19.7. The number of ether oxygens (including phenoxy) is 1. The highest BCUT2D eigenvalue weighted by Crippen LogP contribution is 2.31. The van der Waals surface area contributed by atoms with Crippen molar-refractivity contribution in [2.24, 2.45) is 7.05 Å². The SMILES string of the molecule is COc1cc2c(cc1Cl)cc(C(=O)N[C@H](C)c1ccc(C(=O)O)cc1)n2C. The molecule has 0 saturated heterocycles. The minimum atomic E-state index is -0.983. The van der Waals surface area contributed by atoms with Gasteiger partial charge in [-0.25, -0.2) is 4.79 Å². The summed E-state index contributed by atoms with van der Waals surface area (Å²) in [5.41, 5.74) is 2.34. The molecule has 0 aliphatic rings. The van der Waals surface area contributed by atoms with Gasteiger partial charge in [-0.3, -0.25) is 4.79 Å². The third-order valence-electron chi connectivity index (χ3n) is 4.55. The smallest absolute Gasteiger partial charge is 0.335 e. The van der Waals surface area contributed by atoms with E-state index in [-0.39, 0.29) is 17.5 Å². The molecule has 27 heavy (non-hydrogen) atoms. The topological polar surface area (TPSA) is 80.6 Å². The molecule has 1 heterocycles. The third kappa shape index (κ3) is 3.61. The fourth-order valence-corrected chi connectivity index (χ4v) is 3.23. The predicted octanol–water partition coefficient (Wildman–Crippen LogP) is 4.03. The average Bonchev–Trinajstić information content (AvgIpc) is 2.96. The first-order valence-electron chi connectivity index (χ1n) is 8.29. The number of carboxylic acid groups (broad SMARTS) is 1. The van der Waals surface area contributed by atoms with E-state index in [1.807, 2.05) is 6.92 Å². The highest BCUT2D eigenvalue weighted by atomic mass is 35.5. The van der Waals surface area contributed by atoms with Crippen LogP contribution in [-0.2, 0) is 7.05 Å².